The Morgan fingerprint density at radius 3 is 2.27 bits per heavy atom. The molecule has 302 valence electrons. The van der Waals surface area contributed by atoms with Crippen molar-refractivity contribution >= 4 is 35.8 Å². The molecule has 55 heavy (non-hydrogen) atoms. The number of carbonyl (C=O) groups excluding carboxylic acids is 3. The molecule has 0 bridgehead atoms. The lowest BCUT2D eigenvalue weighted by Crippen LogP contribution is -2.61. The molecule has 10 unspecified atom stereocenters. The third-order valence-electron chi connectivity index (χ3n) is 16.4. The van der Waals surface area contributed by atoms with Crippen LogP contribution in [0, 0.1) is 57.2 Å². The van der Waals surface area contributed by atoms with Crippen LogP contribution in [0.25, 0.3) is 0 Å². The highest BCUT2D eigenvalue weighted by Gasteiger charge is 2.66. The largest absolute Gasteiger partial charge is 0.481 e. The van der Waals surface area contributed by atoms with Gasteiger partial charge in [-0.2, -0.15) is 0 Å². The van der Waals surface area contributed by atoms with E-state index in [0.29, 0.717) is 42.2 Å². The lowest BCUT2D eigenvalue weighted by Gasteiger charge is -2.67. The Morgan fingerprint density at radius 1 is 1.02 bits per heavy atom. The number of ether oxygens (including phenoxy) is 2. The number of aromatic nitrogens is 2. The summed E-state index contributed by atoms with van der Waals surface area (Å²) in [7, 11) is 2.07. The number of esters is 1. The Kier molecular flexibility index (Phi) is 10.4. The molecule has 7 rings (SSSR count). The van der Waals surface area contributed by atoms with Crippen LogP contribution < -0.4 is 0 Å². The maximum absolute atomic E-state index is 14.3. The SMILES string of the molecule is CC(C)C1=C2C3CCC4C(C)(CCC5C(C)C(OC(=O)CC(C)(C)C(=O)O)CCC54C)C3CCC2(C(CN(C)C2(c3ncc(Cl)cn3)CC2)OC=O)CC1=O. The summed E-state index contributed by atoms with van der Waals surface area (Å²) in [4.78, 5) is 62.7. The van der Waals surface area contributed by atoms with E-state index in [-0.39, 0.29) is 52.4 Å². The first-order valence-electron chi connectivity index (χ1n) is 20.8. The van der Waals surface area contributed by atoms with Gasteiger partial charge >= 0.3 is 11.9 Å². The standard InChI is InChI=1S/C44H62ClN3O7/c1-25(2)36-31(50)19-43(34(54-24-49)23-48(8)44(17-18-44)38-46-21-27(45)22-47-38)16-12-30-28(37(36)43)9-10-33-41(6)15-13-32(26(3)29(41)11-14-42(30,33)7)55-35(51)20-40(4,5)39(52)53/h21-22,24-26,28-30,32-34H,9-20,23H2,1-8H3,(H,52,53). The number of aliphatic carboxylic acids is 1. The van der Waals surface area contributed by atoms with Crippen LogP contribution in [0.5, 0.6) is 0 Å². The molecule has 6 aliphatic carbocycles. The molecule has 11 heteroatoms. The highest BCUT2D eigenvalue weighted by molar-refractivity contribution is 6.30. The van der Waals surface area contributed by atoms with Gasteiger partial charge in [-0.1, -0.05) is 46.2 Å². The van der Waals surface area contributed by atoms with Crippen molar-refractivity contribution in [3.05, 3.63) is 34.4 Å². The number of carboxylic acids is 1. The molecule has 1 heterocycles. The third-order valence-corrected chi connectivity index (χ3v) is 16.6. The van der Waals surface area contributed by atoms with Crippen molar-refractivity contribution in [2.75, 3.05) is 13.6 Å². The molecule has 10 atom stereocenters. The van der Waals surface area contributed by atoms with Gasteiger partial charge in [0.05, 0.1) is 22.4 Å². The molecule has 0 radical (unpaired) electrons. The average molecular weight is 780 g/mol. The zero-order valence-corrected chi connectivity index (χ0v) is 34.9. The van der Waals surface area contributed by atoms with Crippen molar-refractivity contribution in [2.45, 2.75) is 143 Å². The fourth-order valence-electron chi connectivity index (χ4n) is 13.4. The lowest BCUT2D eigenvalue weighted by molar-refractivity contribution is -0.194. The minimum Gasteiger partial charge on any atom is -0.481 e. The number of hydrogen-bond acceptors (Lipinski definition) is 9. The summed E-state index contributed by atoms with van der Waals surface area (Å²) in [5, 5.41) is 10.1. The highest BCUT2D eigenvalue weighted by atomic mass is 35.5. The summed E-state index contributed by atoms with van der Waals surface area (Å²) < 4.78 is 12.2. The predicted octanol–water partition coefficient (Wildman–Crippen LogP) is 8.21. The molecule has 1 aromatic rings. The van der Waals surface area contributed by atoms with Crippen LogP contribution in [0.2, 0.25) is 5.02 Å². The zero-order valence-electron chi connectivity index (χ0n) is 34.2. The molecule has 0 amide bonds. The number of hydrogen-bond donors (Lipinski definition) is 1. The van der Waals surface area contributed by atoms with E-state index in [4.69, 9.17) is 21.1 Å². The van der Waals surface area contributed by atoms with Gasteiger partial charge in [-0.15, -0.1) is 0 Å². The van der Waals surface area contributed by atoms with Crippen molar-refractivity contribution in [1.82, 2.24) is 14.9 Å². The van der Waals surface area contributed by atoms with E-state index in [1.54, 1.807) is 26.2 Å². The molecule has 0 saturated heterocycles. The number of halogens is 1. The monoisotopic (exact) mass is 779 g/mol. The second kappa shape index (κ2) is 14.2. The van der Waals surface area contributed by atoms with Crippen LogP contribution in [-0.4, -0.2) is 70.0 Å². The number of ketones is 1. The van der Waals surface area contributed by atoms with Crippen LogP contribution in [-0.2, 0) is 34.2 Å². The number of fused-ring (bicyclic) bond motifs is 7. The van der Waals surface area contributed by atoms with E-state index in [1.165, 1.54) is 5.57 Å². The van der Waals surface area contributed by atoms with Crippen LogP contribution in [0.15, 0.2) is 23.5 Å². The van der Waals surface area contributed by atoms with Gasteiger partial charge in [0, 0.05) is 30.8 Å². The van der Waals surface area contributed by atoms with Crippen LogP contribution in [0.4, 0.5) is 0 Å². The maximum Gasteiger partial charge on any atom is 0.309 e. The zero-order chi connectivity index (χ0) is 39.9. The number of likely N-dealkylation sites (N-methyl/N-ethyl adjacent to an activating group) is 1. The van der Waals surface area contributed by atoms with Gasteiger partial charge in [0.15, 0.2) is 5.78 Å². The fourth-order valence-corrected chi connectivity index (χ4v) is 13.5. The number of rotatable bonds is 12. The van der Waals surface area contributed by atoms with Crippen molar-refractivity contribution < 1.29 is 33.8 Å². The lowest BCUT2D eigenvalue weighted by atomic mass is 9.38. The molecule has 0 aromatic carbocycles. The highest BCUT2D eigenvalue weighted by Crippen LogP contribution is 2.72. The number of Topliss-reactive ketones (excluding diaryl/α,β-unsaturated/α-hetero) is 1. The number of allylic oxidation sites excluding steroid dienone is 1. The van der Waals surface area contributed by atoms with Crippen LogP contribution in [0.3, 0.4) is 0 Å². The van der Waals surface area contributed by atoms with E-state index >= 15 is 0 Å². The van der Waals surface area contributed by atoms with Gasteiger partial charge in [0.25, 0.3) is 6.47 Å². The molecule has 0 spiro atoms. The summed E-state index contributed by atoms with van der Waals surface area (Å²) in [5.41, 5.74) is 0.378. The molecule has 5 saturated carbocycles. The molecule has 1 N–H and O–H groups in total. The summed E-state index contributed by atoms with van der Waals surface area (Å²) in [6.07, 6.45) is 12.4. The molecule has 6 aliphatic rings. The second-order valence-electron chi connectivity index (χ2n) is 19.9. The Balaban J connectivity index is 1.15. The second-order valence-corrected chi connectivity index (χ2v) is 20.4. The van der Waals surface area contributed by atoms with Crippen molar-refractivity contribution in [3.8, 4) is 0 Å². The Bertz CT molecular complexity index is 1740. The quantitative estimate of drug-likeness (QED) is 0.163. The van der Waals surface area contributed by atoms with Crippen LogP contribution >= 0.6 is 11.6 Å². The summed E-state index contributed by atoms with van der Waals surface area (Å²) in [6, 6.07) is 0. The maximum atomic E-state index is 14.3. The molecule has 10 nitrogen and oxygen atoms in total. The van der Waals surface area contributed by atoms with E-state index in [9.17, 15) is 24.3 Å². The first kappa shape index (κ1) is 40.4. The summed E-state index contributed by atoms with van der Waals surface area (Å²) in [5.74, 6) is 1.36. The number of nitrogens with zero attached hydrogens (tertiary/aromatic N) is 3. The summed E-state index contributed by atoms with van der Waals surface area (Å²) >= 11 is 6.14. The van der Waals surface area contributed by atoms with Crippen molar-refractivity contribution in [1.29, 1.82) is 0 Å². The van der Waals surface area contributed by atoms with Gasteiger partial charge in [0.1, 0.15) is 18.0 Å². The molecule has 0 aliphatic heterocycles. The fraction of sp³-hybridized carbons (Fsp3) is 0.773. The normalized spacial score (nSPS) is 37.0. The van der Waals surface area contributed by atoms with Crippen LogP contribution in [0.1, 0.15) is 131 Å². The van der Waals surface area contributed by atoms with Gasteiger partial charge in [-0.25, -0.2) is 9.97 Å². The first-order chi connectivity index (χ1) is 25.8. The van der Waals surface area contributed by atoms with Gasteiger partial charge in [-0.3, -0.25) is 24.1 Å². The van der Waals surface area contributed by atoms with Gasteiger partial charge < -0.3 is 14.6 Å². The first-order valence-corrected chi connectivity index (χ1v) is 21.2. The number of carbonyl (C=O) groups is 4. The molecule has 1 aromatic heterocycles. The molecular weight excluding hydrogens is 718 g/mol. The van der Waals surface area contributed by atoms with E-state index in [2.05, 4.69) is 56.5 Å². The summed E-state index contributed by atoms with van der Waals surface area (Å²) in [6.45, 7) is 15.8. The molecule has 5 fully saturated rings. The average Bonchev–Trinajstić information content (AvgIpc) is 3.86. The van der Waals surface area contributed by atoms with Crippen molar-refractivity contribution in [3.63, 3.8) is 0 Å². The minimum atomic E-state index is -1.16. The van der Waals surface area contributed by atoms with Crippen molar-refractivity contribution in [2.24, 2.45) is 57.2 Å². The minimum absolute atomic E-state index is 0.0775. The van der Waals surface area contributed by atoms with Gasteiger partial charge in [0.2, 0.25) is 0 Å². The van der Waals surface area contributed by atoms with E-state index in [1.807, 2.05) is 0 Å². The Morgan fingerprint density at radius 2 is 1.65 bits per heavy atom. The van der Waals surface area contributed by atoms with E-state index < -0.39 is 28.9 Å². The topological polar surface area (TPSA) is 136 Å². The Hall–Kier alpha value is -2.85. The number of carboxylic acid groups (broad SMARTS) is 1. The third kappa shape index (κ3) is 6.47. The Labute approximate surface area is 331 Å². The molecular formula is C44H62ClN3O7. The van der Waals surface area contributed by atoms with E-state index in [0.717, 1.165) is 75.6 Å². The predicted molar refractivity (Wildman–Crippen MR) is 208 cm³/mol. The smallest absolute Gasteiger partial charge is 0.309 e. The van der Waals surface area contributed by atoms with Gasteiger partial charge in [-0.05, 0) is 143 Å².